The molecule has 0 radical (unpaired) electrons. The number of aryl methyl sites for hydroxylation is 4. The normalized spacial score (nSPS) is 16.6. The molecule has 0 atom stereocenters. The van der Waals surface area contributed by atoms with Gasteiger partial charge >= 0.3 is 26.2 Å². The van der Waals surface area contributed by atoms with Crippen molar-refractivity contribution < 1.29 is 26.2 Å². The topological polar surface area (TPSA) is 0 Å². The van der Waals surface area contributed by atoms with Crippen molar-refractivity contribution in [3.8, 4) is 0 Å². The summed E-state index contributed by atoms with van der Waals surface area (Å²) in [6.45, 7) is 8.86. The average molecular weight is 542 g/mol. The molecule has 2 saturated carbocycles. The van der Waals surface area contributed by atoms with Crippen LogP contribution in [0.2, 0.25) is 0 Å². The van der Waals surface area contributed by atoms with E-state index in [1.165, 1.54) is 108 Å². The summed E-state index contributed by atoms with van der Waals surface area (Å²) in [6.07, 6.45) is 14.1. The van der Waals surface area contributed by atoms with Crippen molar-refractivity contribution in [2.75, 3.05) is 0 Å². The van der Waals surface area contributed by atoms with Gasteiger partial charge in [0, 0.05) is 0 Å². The van der Waals surface area contributed by atoms with E-state index in [4.69, 9.17) is 0 Å². The molecular weight excluding hydrogens is 500 g/mol. The molecule has 0 aliphatic heterocycles. The first-order valence-corrected chi connectivity index (χ1v) is 13.8. The zero-order valence-electron chi connectivity index (χ0n) is 22.3. The van der Waals surface area contributed by atoms with E-state index >= 15 is 0 Å². The maximum absolute atomic E-state index is 2.38. The fraction of sp³-hybridized carbons (Fsp3) is 0.471. The van der Waals surface area contributed by atoms with Crippen LogP contribution in [0.15, 0.2) is 48.5 Å². The van der Waals surface area contributed by atoms with Crippen LogP contribution >= 0.6 is 0 Å². The molecule has 0 nitrogen and oxygen atoms in total. The van der Waals surface area contributed by atoms with Crippen LogP contribution in [-0.4, -0.2) is 0 Å². The van der Waals surface area contributed by atoms with E-state index in [1.54, 1.807) is 11.1 Å². The molecule has 182 valence electrons. The molecule has 2 aliphatic carbocycles. The second-order valence-corrected chi connectivity index (χ2v) is 11.5. The Morgan fingerprint density at radius 3 is 1.29 bits per heavy atom. The molecule has 2 aliphatic rings. The van der Waals surface area contributed by atoms with Crippen LogP contribution in [0.3, 0.4) is 0 Å². The summed E-state index contributed by atoms with van der Waals surface area (Å²) >= 11 is 0. The average Bonchev–Trinajstić information content (AvgIpc) is 3.62. The Kier molecular flexibility index (Phi) is 8.91. The van der Waals surface area contributed by atoms with Gasteiger partial charge in [-0.1, -0.05) is 86.5 Å². The Balaban J connectivity index is 0.000000160. The van der Waals surface area contributed by atoms with Gasteiger partial charge in [-0.2, -0.15) is 11.1 Å². The molecule has 0 amide bonds. The minimum absolute atomic E-state index is 0. The molecule has 4 aromatic rings. The van der Waals surface area contributed by atoms with E-state index in [1.807, 2.05) is 0 Å². The van der Waals surface area contributed by atoms with Crippen LogP contribution in [0.4, 0.5) is 0 Å². The van der Waals surface area contributed by atoms with Crippen LogP contribution in [0.25, 0.3) is 21.5 Å². The molecule has 0 N–H and O–H groups in total. The zero-order chi connectivity index (χ0) is 23.7. The summed E-state index contributed by atoms with van der Waals surface area (Å²) in [5.41, 5.74) is 8.84. The van der Waals surface area contributed by atoms with Crippen LogP contribution in [0, 0.1) is 39.5 Å². The minimum atomic E-state index is 0. The number of benzene rings is 2. The summed E-state index contributed by atoms with van der Waals surface area (Å²) in [7, 11) is 0. The smallest absolute Gasteiger partial charge is 0.153 e. The maximum Gasteiger partial charge on any atom is 2.00 e. The molecule has 0 saturated heterocycles. The molecule has 6 rings (SSSR count). The van der Waals surface area contributed by atoms with Crippen molar-refractivity contribution in [3.05, 3.63) is 81.9 Å². The van der Waals surface area contributed by atoms with Crippen molar-refractivity contribution in [3.63, 3.8) is 0 Å². The molecular formula is C34H42Zr. The van der Waals surface area contributed by atoms with Gasteiger partial charge in [-0.25, -0.2) is 0 Å². The van der Waals surface area contributed by atoms with Crippen molar-refractivity contribution in [1.82, 2.24) is 0 Å². The minimum Gasteiger partial charge on any atom is -0.153 e. The first-order chi connectivity index (χ1) is 16.5. The van der Waals surface area contributed by atoms with Gasteiger partial charge in [-0.15, -0.1) is 70.1 Å². The standard InChI is InChI=1S/2C17H21.Zr/c2*1-12-9-15-7-8-16(17(15)10-13(12)2)11-14-5-3-4-6-14;/h2*7-10,14H,3-6,11H2,1-2H3;/q2*-1;+2. The van der Waals surface area contributed by atoms with Crippen molar-refractivity contribution in [1.29, 1.82) is 0 Å². The predicted octanol–water partition coefficient (Wildman–Crippen LogP) is 9.81. The van der Waals surface area contributed by atoms with Crippen molar-refractivity contribution in [2.45, 2.75) is 91.9 Å². The summed E-state index contributed by atoms with van der Waals surface area (Å²) in [5.74, 6) is 1.89. The van der Waals surface area contributed by atoms with Crippen LogP contribution < -0.4 is 0 Å². The number of hydrogen-bond acceptors (Lipinski definition) is 0. The fourth-order valence-corrected chi connectivity index (χ4v) is 6.48. The third kappa shape index (κ3) is 6.10. The third-order valence-corrected chi connectivity index (χ3v) is 8.92. The summed E-state index contributed by atoms with van der Waals surface area (Å²) in [6, 6.07) is 18.7. The molecule has 1 heteroatoms. The monoisotopic (exact) mass is 540 g/mol. The van der Waals surface area contributed by atoms with Crippen molar-refractivity contribution in [2.24, 2.45) is 11.8 Å². The first-order valence-electron chi connectivity index (χ1n) is 13.8. The zero-order valence-corrected chi connectivity index (χ0v) is 24.8. The van der Waals surface area contributed by atoms with E-state index in [-0.39, 0.29) is 26.2 Å². The fourth-order valence-electron chi connectivity index (χ4n) is 6.48. The van der Waals surface area contributed by atoms with Gasteiger partial charge in [0.2, 0.25) is 0 Å². The van der Waals surface area contributed by atoms with E-state index in [0.717, 1.165) is 11.8 Å². The Bertz CT molecular complexity index is 1150. The van der Waals surface area contributed by atoms with Gasteiger partial charge in [0.1, 0.15) is 0 Å². The predicted molar refractivity (Wildman–Crippen MR) is 149 cm³/mol. The number of fused-ring (bicyclic) bond motifs is 2. The Morgan fingerprint density at radius 1 is 0.571 bits per heavy atom. The Morgan fingerprint density at radius 2 is 0.914 bits per heavy atom. The second kappa shape index (κ2) is 11.7. The molecule has 0 heterocycles. The largest absolute Gasteiger partial charge is 2.00 e. The second-order valence-electron chi connectivity index (χ2n) is 11.5. The van der Waals surface area contributed by atoms with Gasteiger partial charge in [-0.3, -0.25) is 0 Å². The molecule has 4 aromatic carbocycles. The van der Waals surface area contributed by atoms with Gasteiger partial charge in [0.15, 0.2) is 0 Å². The number of hydrogen-bond donors (Lipinski definition) is 0. The van der Waals surface area contributed by atoms with E-state index in [9.17, 15) is 0 Å². The van der Waals surface area contributed by atoms with Crippen LogP contribution in [0.1, 0.15) is 84.7 Å². The van der Waals surface area contributed by atoms with E-state index < -0.39 is 0 Å². The SMILES string of the molecule is Cc1cc2[cH-]cc(CC3CCCC3)c2cc1C.Cc1cc2[cH-]cc(CC3CCCC3)c2cc1C.[Zr+2]. The molecule has 35 heavy (non-hydrogen) atoms. The first kappa shape index (κ1) is 26.6. The molecule has 0 unspecified atom stereocenters. The molecule has 0 aromatic heterocycles. The molecule has 0 bridgehead atoms. The Labute approximate surface area is 232 Å². The summed E-state index contributed by atoms with van der Waals surface area (Å²) in [5, 5.41) is 5.86. The molecule has 0 spiro atoms. The van der Waals surface area contributed by atoms with Crippen molar-refractivity contribution >= 4 is 21.5 Å². The quantitative estimate of drug-likeness (QED) is 0.226. The van der Waals surface area contributed by atoms with E-state index in [2.05, 4.69) is 76.2 Å². The van der Waals surface area contributed by atoms with Gasteiger partial charge < -0.3 is 0 Å². The van der Waals surface area contributed by atoms with E-state index in [0.29, 0.717) is 0 Å². The van der Waals surface area contributed by atoms with Gasteiger partial charge in [-0.05, 0) is 39.5 Å². The maximum atomic E-state index is 2.38. The van der Waals surface area contributed by atoms with Gasteiger partial charge in [0.05, 0.1) is 0 Å². The van der Waals surface area contributed by atoms with Crippen LogP contribution in [-0.2, 0) is 39.0 Å². The van der Waals surface area contributed by atoms with Crippen LogP contribution in [0.5, 0.6) is 0 Å². The summed E-state index contributed by atoms with van der Waals surface area (Å²) < 4.78 is 0. The summed E-state index contributed by atoms with van der Waals surface area (Å²) in [4.78, 5) is 0. The Hall–Kier alpha value is -1.46. The third-order valence-electron chi connectivity index (χ3n) is 8.92. The molecule has 2 fully saturated rings. The van der Waals surface area contributed by atoms with Gasteiger partial charge in [0.25, 0.3) is 0 Å². The number of rotatable bonds is 4.